The Kier molecular flexibility index (Phi) is 7.07. The Morgan fingerprint density at radius 1 is 0.818 bits per heavy atom. The zero-order chi connectivity index (χ0) is 23.0. The molecular weight excluding hydrogens is 418 g/mol. The summed E-state index contributed by atoms with van der Waals surface area (Å²) in [5.74, 6) is 0.723. The summed E-state index contributed by atoms with van der Waals surface area (Å²) in [7, 11) is 0. The highest BCUT2D eigenvalue weighted by molar-refractivity contribution is 5.91. The minimum absolute atomic E-state index is 0.129. The van der Waals surface area contributed by atoms with E-state index in [1.165, 1.54) is 0 Å². The summed E-state index contributed by atoms with van der Waals surface area (Å²) in [5, 5.41) is 24.2. The summed E-state index contributed by atoms with van der Waals surface area (Å²) in [4.78, 5) is 12.9. The fraction of sp³-hybridized carbons (Fsp3) is 0.148. The van der Waals surface area contributed by atoms with E-state index >= 15 is 0 Å². The Morgan fingerprint density at radius 2 is 1.45 bits per heavy atom. The third-order valence-electron chi connectivity index (χ3n) is 5.28. The van der Waals surface area contributed by atoms with E-state index in [0.29, 0.717) is 22.4 Å². The van der Waals surface area contributed by atoms with E-state index in [4.69, 9.17) is 9.47 Å². The Bertz CT molecular complexity index is 1200. The SMILES string of the molecule is O=C(Nc1ccccc1)O[C@@H](c1ccc(O)c2ccccc12)[C@H](CCO)Oc1ccccc1. The molecule has 6 nitrogen and oxygen atoms in total. The number of para-hydroxylation sites is 2. The van der Waals surface area contributed by atoms with Crippen molar-refractivity contribution in [2.24, 2.45) is 0 Å². The first-order valence-electron chi connectivity index (χ1n) is 10.7. The molecule has 0 aromatic heterocycles. The van der Waals surface area contributed by atoms with Crippen LogP contribution >= 0.6 is 0 Å². The first-order valence-corrected chi connectivity index (χ1v) is 10.7. The summed E-state index contributed by atoms with van der Waals surface area (Å²) < 4.78 is 12.1. The van der Waals surface area contributed by atoms with Crippen molar-refractivity contribution in [3.8, 4) is 11.5 Å². The molecule has 168 valence electrons. The topological polar surface area (TPSA) is 88.0 Å². The van der Waals surface area contributed by atoms with Gasteiger partial charge in [-0.1, -0.05) is 66.7 Å². The van der Waals surface area contributed by atoms with Crippen molar-refractivity contribution >= 4 is 22.6 Å². The maximum absolute atomic E-state index is 12.9. The molecule has 0 aliphatic rings. The van der Waals surface area contributed by atoms with Gasteiger partial charge in [0.05, 0.1) is 0 Å². The average Bonchev–Trinajstić information content (AvgIpc) is 2.84. The predicted molar refractivity (Wildman–Crippen MR) is 127 cm³/mol. The molecule has 0 bridgehead atoms. The number of phenols is 1. The second-order valence-electron chi connectivity index (χ2n) is 7.52. The standard InChI is InChI=1S/C27H25NO5/c29-18-17-25(32-20-11-5-2-6-12-20)26(33-27(31)28-19-9-3-1-4-10-19)23-15-16-24(30)22-14-8-7-13-21(22)23/h1-16,25-26,29-30H,17-18H2,(H,28,31)/t25-,26-/m0/s1. The van der Waals surface area contributed by atoms with Crippen LogP contribution in [0.5, 0.6) is 11.5 Å². The number of aromatic hydroxyl groups is 1. The molecule has 0 aliphatic heterocycles. The van der Waals surface area contributed by atoms with E-state index in [1.54, 1.807) is 42.5 Å². The van der Waals surface area contributed by atoms with Crippen LogP contribution in [0.15, 0.2) is 97.1 Å². The first kappa shape index (κ1) is 22.2. The van der Waals surface area contributed by atoms with Crippen molar-refractivity contribution in [2.75, 3.05) is 11.9 Å². The summed E-state index contributed by atoms with van der Waals surface area (Å²) in [6, 6.07) is 28.8. The number of hydrogen-bond acceptors (Lipinski definition) is 5. The van der Waals surface area contributed by atoms with E-state index < -0.39 is 18.3 Å². The molecular formula is C27H25NO5. The van der Waals surface area contributed by atoms with Gasteiger partial charge < -0.3 is 19.7 Å². The molecule has 4 rings (SSSR count). The fourth-order valence-corrected chi connectivity index (χ4v) is 3.75. The highest BCUT2D eigenvalue weighted by Crippen LogP contribution is 2.36. The highest BCUT2D eigenvalue weighted by atomic mass is 16.6. The van der Waals surface area contributed by atoms with Gasteiger partial charge in [0.1, 0.15) is 17.6 Å². The van der Waals surface area contributed by atoms with E-state index in [9.17, 15) is 15.0 Å². The lowest BCUT2D eigenvalue weighted by molar-refractivity contribution is 0.00983. The molecule has 0 spiro atoms. The zero-order valence-electron chi connectivity index (χ0n) is 17.9. The molecule has 0 fully saturated rings. The molecule has 6 heteroatoms. The van der Waals surface area contributed by atoms with Crippen molar-refractivity contribution in [2.45, 2.75) is 18.6 Å². The summed E-state index contributed by atoms with van der Waals surface area (Å²) >= 11 is 0. The monoisotopic (exact) mass is 443 g/mol. The van der Waals surface area contributed by atoms with Gasteiger partial charge in [-0.2, -0.15) is 0 Å². The number of carbonyl (C=O) groups is 1. The van der Waals surface area contributed by atoms with Crippen LogP contribution in [0.25, 0.3) is 10.8 Å². The molecule has 0 unspecified atom stereocenters. The summed E-state index contributed by atoms with van der Waals surface area (Å²) in [6.45, 7) is -0.159. The molecule has 0 radical (unpaired) electrons. The van der Waals surface area contributed by atoms with Gasteiger partial charge in [-0.25, -0.2) is 4.79 Å². The minimum Gasteiger partial charge on any atom is -0.507 e. The zero-order valence-corrected chi connectivity index (χ0v) is 17.9. The van der Waals surface area contributed by atoms with Crippen LogP contribution in [0.2, 0.25) is 0 Å². The lowest BCUT2D eigenvalue weighted by atomic mass is 9.95. The number of amides is 1. The third-order valence-corrected chi connectivity index (χ3v) is 5.28. The molecule has 4 aromatic rings. The van der Waals surface area contributed by atoms with Crippen molar-refractivity contribution < 1.29 is 24.5 Å². The molecule has 0 heterocycles. The van der Waals surface area contributed by atoms with Crippen LogP contribution in [0.4, 0.5) is 10.5 Å². The maximum atomic E-state index is 12.9. The van der Waals surface area contributed by atoms with Crippen LogP contribution in [0.1, 0.15) is 18.1 Å². The second kappa shape index (κ2) is 10.5. The molecule has 3 N–H and O–H groups in total. The number of carbonyl (C=O) groups excluding carboxylic acids is 1. The quantitative estimate of drug-likeness (QED) is 0.327. The van der Waals surface area contributed by atoms with E-state index in [2.05, 4.69) is 5.32 Å². The number of aliphatic hydroxyl groups is 1. The molecule has 1 amide bonds. The van der Waals surface area contributed by atoms with E-state index in [1.807, 2.05) is 54.6 Å². The lowest BCUT2D eigenvalue weighted by Crippen LogP contribution is -2.32. The fourth-order valence-electron chi connectivity index (χ4n) is 3.75. The Morgan fingerprint density at radius 3 is 2.15 bits per heavy atom. The van der Waals surface area contributed by atoms with Crippen molar-refractivity contribution in [1.82, 2.24) is 0 Å². The Labute approximate surface area is 192 Å². The van der Waals surface area contributed by atoms with Crippen LogP contribution in [-0.4, -0.2) is 29.0 Å². The van der Waals surface area contributed by atoms with Crippen LogP contribution in [-0.2, 0) is 4.74 Å². The maximum Gasteiger partial charge on any atom is 0.412 e. The number of phenolic OH excluding ortho intramolecular Hbond substituents is 1. The molecule has 33 heavy (non-hydrogen) atoms. The molecule has 0 saturated carbocycles. The molecule has 2 atom stereocenters. The number of nitrogens with one attached hydrogen (secondary N) is 1. The van der Waals surface area contributed by atoms with Gasteiger partial charge in [-0.05, 0) is 35.7 Å². The number of anilines is 1. The number of aliphatic hydroxyl groups excluding tert-OH is 1. The van der Waals surface area contributed by atoms with Crippen LogP contribution < -0.4 is 10.1 Å². The summed E-state index contributed by atoms with van der Waals surface area (Å²) in [6.07, 6.45) is -1.95. The molecule has 4 aromatic carbocycles. The summed E-state index contributed by atoms with van der Waals surface area (Å²) in [5.41, 5.74) is 1.26. The van der Waals surface area contributed by atoms with Gasteiger partial charge >= 0.3 is 6.09 Å². The van der Waals surface area contributed by atoms with Crippen molar-refractivity contribution in [3.63, 3.8) is 0 Å². The van der Waals surface area contributed by atoms with Crippen LogP contribution in [0, 0.1) is 0 Å². The molecule has 0 saturated heterocycles. The van der Waals surface area contributed by atoms with Crippen LogP contribution in [0.3, 0.4) is 0 Å². The Balaban J connectivity index is 1.72. The minimum atomic E-state index is -0.855. The normalized spacial score (nSPS) is 12.6. The van der Waals surface area contributed by atoms with Gasteiger partial charge in [0.15, 0.2) is 6.10 Å². The highest BCUT2D eigenvalue weighted by Gasteiger charge is 2.30. The number of hydrogen-bond donors (Lipinski definition) is 3. The van der Waals surface area contributed by atoms with Crippen molar-refractivity contribution in [3.05, 3.63) is 103 Å². The van der Waals surface area contributed by atoms with E-state index in [-0.39, 0.29) is 18.8 Å². The largest absolute Gasteiger partial charge is 0.507 e. The number of fused-ring (bicyclic) bond motifs is 1. The predicted octanol–water partition coefficient (Wildman–Crippen LogP) is 5.67. The number of ether oxygens (including phenoxy) is 2. The lowest BCUT2D eigenvalue weighted by Gasteiger charge is -2.29. The smallest absolute Gasteiger partial charge is 0.412 e. The first-order chi connectivity index (χ1) is 16.2. The van der Waals surface area contributed by atoms with Gasteiger partial charge in [0.25, 0.3) is 0 Å². The average molecular weight is 443 g/mol. The number of rotatable bonds is 8. The van der Waals surface area contributed by atoms with Gasteiger partial charge in [0, 0.05) is 29.7 Å². The van der Waals surface area contributed by atoms with Gasteiger partial charge in [-0.15, -0.1) is 0 Å². The molecule has 0 aliphatic carbocycles. The number of benzene rings is 4. The Hall–Kier alpha value is -4.03. The van der Waals surface area contributed by atoms with E-state index in [0.717, 1.165) is 5.39 Å². The van der Waals surface area contributed by atoms with Crippen molar-refractivity contribution in [1.29, 1.82) is 0 Å². The van der Waals surface area contributed by atoms with Gasteiger partial charge in [-0.3, -0.25) is 5.32 Å². The van der Waals surface area contributed by atoms with Gasteiger partial charge in [0.2, 0.25) is 0 Å². The third kappa shape index (κ3) is 5.42. The second-order valence-corrected chi connectivity index (χ2v) is 7.52.